The Morgan fingerprint density at radius 3 is 2.88 bits per heavy atom. The molecule has 3 atom stereocenters. The number of hydrogen-bond acceptors (Lipinski definition) is 5. The number of thiazole rings is 1. The number of likely N-dealkylation sites (tertiary alicyclic amines) is 2. The average molecular weight is 363 g/mol. The van der Waals surface area contributed by atoms with E-state index >= 15 is 0 Å². The second-order valence-corrected chi connectivity index (χ2v) is 8.34. The fourth-order valence-corrected chi connectivity index (χ4v) is 4.75. The molecule has 0 radical (unpaired) electrons. The predicted octanol–water partition coefficient (Wildman–Crippen LogP) is 1.69. The number of nitrogens with zero attached hydrogens (tertiary/aromatic N) is 3. The number of hydrogen-bond donors (Lipinski definition) is 1. The van der Waals surface area contributed by atoms with E-state index in [0.717, 1.165) is 17.1 Å². The minimum atomic E-state index is -0.582. The van der Waals surface area contributed by atoms with Gasteiger partial charge in [0.15, 0.2) is 0 Å². The summed E-state index contributed by atoms with van der Waals surface area (Å²) in [7, 11) is 0. The van der Waals surface area contributed by atoms with E-state index in [9.17, 15) is 14.7 Å². The summed E-state index contributed by atoms with van der Waals surface area (Å²) in [4.78, 5) is 32.6. The number of piperidine rings is 1. The largest absolute Gasteiger partial charge is 0.394 e. The van der Waals surface area contributed by atoms with Crippen LogP contribution in [0.15, 0.2) is 11.5 Å². The Hall–Kier alpha value is -1.73. The van der Waals surface area contributed by atoms with Gasteiger partial charge in [-0.15, -0.1) is 11.3 Å². The molecule has 0 spiro atoms. The molecule has 0 saturated carbocycles. The molecule has 0 aromatic carbocycles. The van der Waals surface area contributed by atoms with Crippen molar-refractivity contribution in [3.63, 3.8) is 0 Å². The van der Waals surface area contributed by atoms with Crippen molar-refractivity contribution in [1.29, 1.82) is 0 Å². The lowest BCUT2D eigenvalue weighted by molar-refractivity contribution is -0.135. The van der Waals surface area contributed by atoms with Crippen molar-refractivity contribution in [3.8, 4) is 0 Å². The summed E-state index contributed by atoms with van der Waals surface area (Å²) in [5, 5.41) is 12.8. The number of aliphatic hydroxyl groups excluding tert-OH is 1. The van der Waals surface area contributed by atoms with Gasteiger partial charge < -0.3 is 14.9 Å². The first-order chi connectivity index (χ1) is 11.8. The number of carbonyl (C=O) groups is 2. The van der Waals surface area contributed by atoms with Crippen LogP contribution in [0.25, 0.3) is 6.08 Å². The zero-order valence-electron chi connectivity index (χ0n) is 14.9. The Morgan fingerprint density at radius 2 is 2.28 bits per heavy atom. The molecule has 2 saturated heterocycles. The standard InChI is InChI=1S/C18H25N3O3S/c1-12-19-15(10-25-12)4-5-17(24)21-16-6-7-20(13(2)23)9-14(16)8-18(21,3)11-22/h4-5,10,14,16,22H,6-9,11H2,1-3H3/b5-4+/t14-,16-,18+/m0/s1. The molecule has 2 aliphatic rings. The smallest absolute Gasteiger partial charge is 0.247 e. The SMILES string of the molecule is CC(=O)N1CC[C@H]2[C@H](C1)C[C@](C)(CO)N2C(=O)/C=C/c1csc(C)n1. The molecular formula is C18H25N3O3S. The van der Waals surface area contributed by atoms with Crippen LogP contribution in [-0.2, 0) is 9.59 Å². The van der Waals surface area contributed by atoms with Crippen LogP contribution in [-0.4, -0.2) is 63.0 Å². The van der Waals surface area contributed by atoms with Crippen LogP contribution >= 0.6 is 11.3 Å². The third-order valence-electron chi connectivity index (χ3n) is 5.37. The van der Waals surface area contributed by atoms with E-state index in [0.29, 0.717) is 19.5 Å². The van der Waals surface area contributed by atoms with Crippen LogP contribution in [0, 0.1) is 12.8 Å². The molecule has 1 aromatic rings. The molecule has 2 amide bonds. The molecule has 0 unspecified atom stereocenters. The molecule has 2 aliphatic heterocycles. The van der Waals surface area contributed by atoms with Gasteiger partial charge in [0.05, 0.1) is 22.8 Å². The molecule has 3 rings (SSSR count). The first-order valence-electron chi connectivity index (χ1n) is 8.64. The first kappa shape index (κ1) is 18.1. The molecule has 2 fully saturated rings. The van der Waals surface area contributed by atoms with Gasteiger partial charge in [-0.2, -0.15) is 0 Å². The summed E-state index contributed by atoms with van der Waals surface area (Å²) in [5.74, 6) is 0.201. The van der Waals surface area contributed by atoms with Crippen LogP contribution in [0.5, 0.6) is 0 Å². The third-order valence-corrected chi connectivity index (χ3v) is 6.16. The maximum Gasteiger partial charge on any atom is 0.247 e. The lowest BCUT2D eigenvalue weighted by atomic mass is 9.89. The van der Waals surface area contributed by atoms with Gasteiger partial charge in [0.25, 0.3) is 0 Å². The quantitative estimate of drug-likeness (QED) is 0.830. The second-order valence-electron chi connectivity index (χ2n) is 7.27. The number of rotatable bonds is 3. The molecule has 25 heavy (non-hydrogen) atoms. The van der Waals surface area contributed by atoms with Crippen LogP contribution in [0.2, 0.25) is 0 Å². The molecule has 1 N–H and O–H groups in total. The number of aliphatic hydroxyl groups is 1. The molecule has 0 aliphatic carbocycles. The lowest BCUT2D eigenvalue weighted by Crippen LogP contribution is -2.53. The fourth-order valence-electron chi connectivity index (χ4n) is 4.17. The summed E-state index contributed by atoms with van der Waals surface area (Å²) in [6.07, 6.45) is 4.77. The Kier molecular flexibility index (Phi) is 4.97. The van der Waals surface area contributed by atoms with E-state index in [2.05, 4.69) is 4.98 Å². The highest BCUT2D eigenvalue weighted by atomic mass is 32.1. The summed E-state index contributed by atoms with van der Waals surface area (Å²) in [5.41, 5.74) is 0.199. The van der Waals surface area contributed by atoms with Crippen molar-refractivity contribution < 1.29 is 14.7 Å². The van der Waals surface area contributed by atoms with Crippen LogP contribution in [0.4, 0.5) is 0 Å². The Balaban J connectivity index is 1.79. The van der Waals surface area contributed by atoms with Gasteiger partial charge in [-0.3, -0.25) is 9.59 Å². The molecule has 136 valence electrons. The summed E-state index contributed by atoms with van der Waals surface area (Å²) in [6.45, 7) is 6.70. The number of carbonyl (C=O) groups excluding carboxylic acids is 2. The molecular weight excluding hydrogens is 338 g/mol. The van der Waals surface area contributed by atoms with E-state index in [1.54, 1.807) is 30.4 Å². The van der Waals surface area contributed by atoms with E-state index < -0.39 is 5.54 Å². The van der Waals surface area contributed by atoms with Gasteiger partial charge in [0, 0.05) is 37.5 Å². The van der Waals surface area contributed by atoms with Crippen molar-refractivity contribution in [2.45, 2.75) is 45.2 Å². The third kappa shape index (κ3) is 3.48. The monoisotopic (exact) mass is 363 g/mol. The molecule has 1 aromatic heterocycles. The van der Waals surface area contributed by atoms with E-state index in [1.165, 1.54) is 0 Å². The van der Waals surface area contributed by atoms with Crippen molar-refractivity contribution in [2.24, 2.45) is 5.92 Å². The van der Waals surface area contributed by atoms with E-state index in [1.807, 2.05) is 29.0 Å². The molecule has 0 bridgehead atoms. The Bertz CT molecular complexity index is 701. The van der Waals surface area contributed by atoms with Gasteiger partial charge in [0.1, 0.15) is 0 Å². The van der Waals surface area contributed by atoms with Gasteiger partial charge >= 0.3 is 0 Å². The van der Waals surface area contributed by atoms with Crippen LogP contribution in [0.3, 0.4) is 0 Å². The highest BCUT2D eigenvalue weighted by molar-refractivity contribution is 7.09. The predicted molar refractivity (Wildman–Crippen MR) is 97.0 cm³/mol. The van der Waals surface area contributed by atoms with Gasteiger partial charge in [-0.1, -0.05) is 0 Å². The Labute approximate surface area is 152 Å². The average Bonchev–Trinajstić information content (AvgIpc) is 3.12. The lowest BCUT2D eigenvalue weighted by Gasteiger charge is -2.40. The number of amides is 2. The first-order valence-corrected chi connectivity index (χ1v) is 9.52. The van der Waals surface area contributed by atoms with E-state index in [-0.39, 0.29) is 30.4 Å². The number of fused-ring (bicyclic) bond motifs is 1. The van der Waals surface area contributed by atoms with Crippen LogP contribution < -0.4 is 0 Å². The normalized spacial score (nSPS) is 29.3. The molecule has 7 heteroatoms. The topological polar surface area (TPSA) is 73.7 Å². The highest BCUT2D eigenvalue weighted by Gasteiger charge is 2.51. The zero-order valence-corrected chi connectivity index (χ0v) is 15.8. The minimum Gasteiger partial charge on any atom is -0.394 e. The summed E-state index contributed by atoms with van der Waals surface area (Å²) >= 11 is 1.55. The van der Waals surface area contributed by atoms with Crippen LogP contribution in [0.1, 0.15) is 37.4 Å². The zero-order chi connectivity index (χ0) is 18.2. The van der Waals surface area contributed by atoms with Crippen molar-refractivity contribution in [1.82, 2.24) is 14.8 Å². The number of aromatic nitrogens is 1. The Morgan fingerprint density at radius 1 is 1.52 bits per heavy atom. The minimum absolute atomic E-state index is 0.0714. The van der Waals surface area contributed by atoms with Gasteiger partial charge in [-0.05, 0) is 38.7 Å². The second kappa shape index (κ2) is 6.88. The maximum absolute atomic E-state index is 12.9. The van der Waals surface area contributed by atoms with Gasteiger partial charge in [0.2, 0.25) is 11.8 Å². The summed E-state index contributed by atoms with van der Waals surface area (Å²) in [6, 6.07) is 0.0714. The molecule has 6 nitrogen and oxygen atoms in total. The van der Waals surface area contributed by atoms with Crippen molar-refractivity contribution in [3.05, 3.63) is 22.2 Å². The van der Waals surface area contributed by atoms with E-state index in [4.69, 9.17) is 0 Å². The van der Waals surface area contributed by atoms with Crippen molar-refractivity contribution >= 4 is 29.2 Å². The van der Waals surface area contributed by atoms with Crippen molar-refractivity contribution in [2.75, 3.05) is 19.7 Å². The molecule has 3 heterocycles. The van der Waals surface area contributed by atoms with Gasteiger partial charge in [-0.25, -0.2) is 4.98 Å². The summed E-state index contributed by atoms with van der Waals surface area (Å²) < 4.78 is 0. The maximum atomic E-state index is 12.9. The fraction of sp³-hybridized carbons (Fsp3) is 0.611. The highest BCUT2D eigenvalue weighted by Crippen LogP contribution is 2.42. The number of aryl methyl sites for hydroxylation is 1.